The van der Waals surface area contributed by atoms with Gasteiger partial charge in [0.05, 0.1) is 5.41 Å². The third-order valence-corrected chi connectivity index (χ3v) is 3.17. The number of nitrogens with zero attached hydrogens (tertiary/aromatic N) is 1. The zero-order valence-corrected chi connectivity index (χ0v) is 12.4. The molecule has 3 N–H and O–H groups in total. The van der Waals surface area contributed by atoms with E-state index in [1.165, 1.54) is 5.56 Å². The molecule has 0 spiro atoms. The molecule has 106 valence electrons. The summed E-state index contributed by atoms with van der Waals surface area (Å²) in [5, 5.41) is 2.97. The monoisotopic (exact) mass is 263 g/mol. The molecule has 0 saturated carbocycles. The molecule has 0 atom stereocenters. The molecule has 1 rings (SSSR count). The van der Waals surface area contributed by atoms with Gasteiger partial charge in [-0.3, -0.25) is 4.79 Å². The molecule has 0 aromatic heterocycles. The molecular formula is C15H25N3O. The fourth-order valence-corrected chi connectivity index (χ4v) is 1.73. The summed E-state index contributed by atoms with van der Waals surface area (Å²) in [6.07, 6.45) is 0. The maximum absolute atomic E-state index is 12.0. The second-order valence-electron chi connectivity index (χ2n) is 5.78. The Bertz CT molecular complexity index is 427. The quantitative estimate of drug-likeness (QED) is 0.814. The first-order valence-electron chi connectivity index (χ1n) is 6.56. The lowest BCUT2D eigenvalue weighted by Crippen LogP contribution is -2.41. The molecule has 1 aromatic rings. The van der Waals surface area contributed by atoms with Crippen molar-refractivity contribution in [2.45, 2.75) is 26.9 Å². The van der Waals surface area contributed by atoms with Crippen molar-refractivity contribution >= 4 is 5.91 Å². The lowest BCUT2D eigenvalue weighted by atomic mass is 9.92. The van der Waals surface area contributed by atoms with Crippen LogP contribution in [0.25, 0.3) is 0 Å². The number of nitrogens with two attached hydrogens (primary N) is 1. The summed E-state index contributed by atoms with van der Waals surface area (Å²) in [6.45, 7) is 5.47. The van der Waals surface area contributed by atoms with Gasteiger partial charge in [-0.15, -0.1) is 0 Å². The van der Waals surface area contributed by atoms with Gasteiger partial charge in [-0.05, 0) is 39.1 Å². The standard InChI is InChI=1S/C15H25N3O/c1-15(2,11-16)14(19)17-9-12-7-5-6-8-13(12)10-18(3)4/h5-8H,9-11,16H2,1-4H3,(H,17,19). The van der Waals surface area contributed by atoms with Crippen LogP contribution in [-0.2, 0) is 17.9 Å². The van der Waals surface area contributed by atoms with Crippen LogP contribution in [0.2, 0.25) is 0 Å². The number of carbonyl (C=O) groups excluding carboxylic acids is 1. The van der Waals surface area contributed by atoms with Gasteiger partial charge in [0.15, 0.2) is 0 Å². The molecule has 0 aliphatic rings. The van der Waals surface area contributed by atoms with Crippen LogP contribution in [-0.4, -0.2) is 31.4 Å². The number of hydrogen-bond donors (Lipinski definition) is 2. The first-order chi connectivity index (χ1) is 8.86. The van der Waals surface area contributed by atoms with E-state index in [0.717, 1.165) is 12.1 Å². The van der Waals surface area contributed by atoms with Crippen molar-refractivity contribution in [2.75, 3.05) is 20.6 Å². The summed E-state index contributed by atoms with van der Waals surface area (Å²) in [5.74, 6) is -0.00495. The lowest BCUT2D eigenvalue weighted by molar-refractivity contribution is -0.129. The molecule has 19 heavy (non-hydrogen) atoms. The van der Waals surface area contributed by atoms with E-state index in [4.69, 9.17) is 5.73 Å². The Hall–Kier alpha value is -1.39. The topological polar surface area (TPSA) is 58.4 Å². The Morgan fingerprint density at radius 2 is 1.84 bits per heavy atom. The summed E-state index contributed by atoms with van der Waals surface area (Å²) < 4.78 is 0. The molecule has 0 unspecified atom stereocenters. The van der Waals surface area contributed by atoms with Gasteiger partial charge in [0, 0.05) is 19.6 Å². The summed E-state index contributed by atoms with van der Waals surface area (Å²) >= 11 is 0. The number of benzene rings is 1. The summed E-state index contributed by atoms with van der Waals surface area (Å²) in [4.78, 5) is 14.1. The number of carbonyl (C=O) groups is 1. The zero-order valence-electron chi connectivity index (χ0n) is 12.4. The number of rotatable bonds is 6. The van der Waals surface area contributed by atoms with Gasteiger partial charge in [0.2, 0.25) is 5.91 Å². The highest BCUT2D eigenvalue weighted by Gasteiger charge is 2.25. The maximum atomic E-state index is 12.0. The SMILES string of the molecule is CN(C)Cc1ccccc1CNC(=O)C(C)(C)CN. The molecule has 0 bridgehead atoms. The van der Waals surface area contributed by atoms with Gasteiger partial charge >= 0.3 is 0 Å². The molecule has 0 saturated heterocycles. The average molecular weight is 263 g/mol. The molecule has 4 heteroatoms. The Labute approximate surface area is 116 Å². The van der Waals surface area contributed by atoms with Crippen molar-refractivity contribution in [1.82, 2.24) is 10.2 Å². The summed E-state index contributed by atoms with van der Waals surface area (Å²) in [7, 11) is 4.07. The van der Waals surface area contributed by atoms with E-state index in [0.29, 0.717) is 13.1 Å². The van der Waals surface area contributed by atoms with E-state index in [-0.39, 0.29) is 5.91 Å². The summed E-state index contributed by atoms with van der Waals surface area (Å²) in [6, 6.07) is 8.16. The normalized spacial score (nSPS) is 11.7. The van der Waals surface area contributed by atoms with Crippen LogP contribution in [0.3, 0.4) is 0 Å². The Kier molecular flexibility index (Phi) is 5.51. The third-order valence-electron chi connectivity index (χ3n) is 3.17. The minimum atomic E-state index is -0.517. The molecule has 0 heterocycles. The van der Waals surface area contributed by atoms with Crippen LogP contribution in [0, 0.1) is 5.41 Å². The van der Waals surface area contributed by atoms with E-state index >= 15 is 0 Å². The van der Waals surface area contributed by atoms with Crippen molar-refractivity contribution in [3.05, 3.63) is 35.4 Å². The van der Waals surface area contributed by atoms with Gasteiger partial charge in [0.1, 0.15) is 0 Å². The van der Waals surface area contributed by atoms with Crippen molar-refractivity contribution in [3.63, 3.8) is 0 Å². The summed E-state index contributed by atoms with van der Waals surface area (Å²) in [5.41, 5.74) is 7.47. The highest BCUT2D eigenvalue weighted by Crippen LogP contribution is 2.14. The van der Waals surface area contributed by atoms with Crippen molar-refractivity contribution in [1.29, 1.82) is 0 Å². The van der Waals surface area contributed by atoms with E-state index in [9.17, 15) is 4.79 Å². The first kappa shape index (κ1) is 15.7. The lowest BCUT2D eigenvalue weighted by Gasteiger charge is -2.22. The van der Waals surface area contributed by atoms with Crippen molar-refractivity contribution in [2.24, 2.45) is 11.1 Å². The van der Waals surface area contributed by atoms with Crippen LogP contribution in [0.1, 0.15) is 25.0 Å². The van der Waals surface area contributed by atoms with Gasteiger partial charge in [-0.1, -0.05) is 24.3 Å². The van der Waals surface area contributed by atoms with Crippen LogP contribution in [0.5, 0.6) is 0 Å². The second-order valence-corrected chi connectivity index (χ2v) is 5.78. The van der Waals surface area contributed by atoms with Gasteiger partial charge in [-0.25, -0.2) is 0 Å². The fraction of sp³-hybridized carbons (Fsp3) is 0.533. The molecule has 4 nitrogen and oxygen atoms in total. The molecular weight excluding hydrogens is 238 g/mol. The van der Waals surface area contributed by atoms with E-state index in [2.05, 4.69) is 22.3 Å². The van der Waals surface area contributed by atoms with E-state index in [1.54, 1.807) is 0 Å². The minimum absolute atomic E-state index is 0.00495. The Balaban J connectivity index is 2.70. The predicted octanol–water partition coefficient (Wildman–Crippen LogP) is 1.35. The van der Waals surface area contributed by atoms with Crippen LogP contribution < -0.4 is 11.1 Å². The van der Waals surface area contributed by atoms with E-state index < -0.39 is 5.41 Å². The number of nitrogens with one attached hydrogen (secondary N) is 1. The molecule has 0 fully saturated rings. The molecule has 0 radical (unpaired) electrons. The minimum Gasteiger partial charge on any atom is -0.352 e. The van der Waals surface area contributed by atoms with Gasteiger partial charge in [-0.2, -0.15) is 0 Å². The highest BCUT2D eigenvalue weighted by molar-refractivity contribution is 5.82. The Morgan fingerprint density at radius 1 is 1.26 bits per heavy atom. The molecule has 0 aliphatic carbocycles. The maximum Gasteiger partial charge on any atom is 0.227 e. The van der Waals surface area contributed by atoms with E-state index in [1.807, 2.05) is 40.1 Å². The smallest absolute Gasteiger partial charge is 0.227 e. The first-order valence-corrected chi connectivity index (χ1v) is 6.56. The molecule has 1 amide bonds. The van der Waals surface area contributed by atoms with Crippen molar-refractivity contribution < 1.29 is 4.79 Å². The number of hydrogen-bond acceptors (Lipinski definition) is 3. The van der Waals surface area contributed by atoms with Crippen LogP contribution >= 0.6 is 0 Å². The average Bonchev–Trinajstić information content (AvgIpc) is 2.36. The van der Waals surface area contributed by atoms with Crippen LogP contribution in [0.15, 0.2) is 24.3 Å². The third kappa shape index (κ3) is 4.65. The van der Waals surface area contributed by atoms with Gasteiger partial charge in [0.25, 0.3) is 0 Å². The zero-order chi connectivity index (χ0) is 14.5. The largest absolute Gasteiger partial charge is 0.352 e. The number of amides is 1. The van der Waals surface area contributed by atoms with Crippen molar-refractivity contribution in [3.8, 4) is 0 Å². The molecule has 1 aromatic carbocycles. The van der Waals surface area contributed by atoms with Crippen LogP contribution in [0.4, 0.5) is 0 Å². The Morgan fingerprint density at radius 3 is 2.37 bits per heavy atom. The molecule has 0 aliphatic heterocycles. The highest BCUT2D eigenvalue weighted by atomic mass is 16.2. The fourth-order valence-electron chi connectivity index (χ4n) is 1.73. The van der Waals surface area contributed by atoms with Gasteiger partial charge < -0.3 is 16.0 Å². The predicted molar refractivity (Wildman–Crippen MR) is 78.5 cm³/mol. The second kappa shape index (κ2) is 6.68.